The first-order valence-electron chi connectivity index (χ1n) is 14.0. The second-order valence-corrected chi connectivity index (χ2v) is 12.8. The Morgan fingerprint density at radius 2 is 1.75 bits per heavy atom. The van der Waals surface area contributed by atoms with Crippen molar-refractivity contribution >= 4 is 33.3 Å². The summed E-state index contributed by atoms with van der Waals surface area (Å²) in [5.41, 5.74) is 1.25. The molecule has 0 spiro atoms. The molecule has 0 aliphatic carbocycles. The summed E-state index contributed by atoms with van der Waals surface area (Å²) in [5.74, 6) is -0.114. The van der Waals surface area contributed by atoms with E-state index in [-0.39, 0.29) is 42.8 Å². The zero-order chi connectivity index (χ0) is 32.0. The molecule has 3 atom stereocenters. The van der Waals surface area contributed by atoms with Gasteiger partial charge in [-0.05, 0) is 73.7 Å². The Morgan fingerprint density at radius 3 is 2.39 bits per heavy atom. The van der Waals surface area contributed by atoms with Crippen molar-refractivity contribution in [3.8, 4) is 11.5 Å². The van der Waals surface area contributed by atoms with Crippen molar-refractivity contribution in [2.75, 3.05) is 44.5 Å². The molecule has 1 aliphatic heterocycles. The second-order valence-electron chi connectivity index (χ2n) is 10.8. The lowest BCUT2D eigenvalue weighted by Crippen LogP contribution is -2.48. The number of hydrogen-bond acceptors (Lipinski definition) is 7. The van der Waals surface area contributed by atoms with Crippen LogP contribution < -0.4 is 20.1 Å². The van der Waals surface area contributed by atoms with Gasteiger partial charge in [0.1, 0.15) is 23.4 Å². The van der Waals surface area contributed by atoms with Crippen LogP contribution in [0.5, 0.6) is 11.5 Å². The van der Waals surface area contributed by atoms with Gasteiger partial charge in [0.05, 0.1) is 37.6 Å². The number of carbonyl (C=O) groups is 2. The first-order chi connectivity index (χ1) is 20.9. The lowest BCUT2D eigenvalue weighted by molar-refractivity contribution is -0.134. The summed E-state index contributed by atoms with van der Waals surface area (Å²) in [7, 11) is -0.922. The number of urea groups is 1. The van der Waals surface area contributed by atoms with Crippen molar-refractivity contribution < 1.29 is 37.0 Å². The SMILES string of the molecule is COc1ccc(S(=O)(=O)N(C)C[C@H]2Oc3ccc(NC(=O)Nc4ccc(F)cc4)cc3CC(=O)N([C@@H](C)CO)C[C@H]2C)cc1. The Hall–Kier alpha value is -4.20. The van der Waals surface area contributed by atoms with Crippen molar-refractivity contribution in [2.45, 2.75) is 37.3 Å². The Labute approximate surface area is 256 Å². The van der Waals surface area contributed by atoms with Gasteiger partial charge >= 0.3 is 6.03 Å². The highest BCUT2D eigenvalue weighted by molar-refractivity contribution is 7.89. The third kappa shape index (κ3) is 7.84. The maximum absolute atomic E-state index is 13.5. The fourth-order valence-corrected chi connectivity index (χ4v) is 6.01. The number of rotatable bonds is 9. The summed E-state index contributed by atoms with van der Waals surface area (Å²) in [5, 5.41) is 15.2. The van der Waals surface area contributed by atoms with Crippen LogP contribution in [0.15, 0.2) is 71.6 Å². The van der Waals surface area contributed by atoms with Gasteiger partial charge in [-0.2, -0.15) is 4.31 Å². The second kappa shape index (κ2) is 14.1. The molecular weight excluding hydrogens is 591 g/mol. The number of likely N-dealkylation sites (N-methyl/N-ethyl adjacent to an activating group) is 1. The fourth-order valence-electron chi connectivity index (χ4n) is 4.83. The highest BCUT2D eigenvalue weighted by atomic mass is 32.2. The van der Waals surface area contributed by atoms with E-state index >= 15 is 0 Å². The summed E-state index contributed by atoms with van der Waals surface area (Å²) in [6, 6.07) is 15.2. The van der Waals surface area contributed by atoms with Crippen LogP contribution in [-0.4, -0.2) is 80.7 Å². The van der Waals surface area contributed by atoms with E-state index in [4.69, 9.17) is 9.47 Å². The van der Waals surface area contributed by atoms with Crippen LogP contribution in [0.3, 0.4) is 0 Å². The minimum absolute atomic E-state index is 0.0232. The van der Waals surface area contributed by atoms with Crippen LogP contribution >= 0.6 is 0 Å². The molecule has 0 bridgehead atoms. The molecule has 0 saturated heterocycles. The van der Waals surface area contributed by atoms with Crippen molar-refractivity contribution in [2.24, 2.45) is 5.92 Å². The number of anilines is 2. The van der Waals surface area contributed by atoms with E-state index in [0.717, 1.165) is 0 Å². The number of fused-ring (bicyclic) bond motifs is 1. The summed E-state index contributed by atoms with van der Waals surface area (Å²) >= 11 is 0. The summed E-state index contributed by atoms with van der Waals surface area (Å²) in [6.07, 6.45) is -0.750. The molecule has 1 heterocycles. The molecular formula is C31H37FN4O7S. The molecule has 0 fully saturated rings. The number of nitrogens with zero attached hydrogens (tertiary/aromatic N) is 2. The smallest absolute Gasteiger partial charge is 0.323 e. The quantitative estimate of drug-likeness (QED) is 0.326. The lowest BCUT2D eigenvalue weighted by Gasteiger charge is -2.33. The minimum Gasteiger partial charge on any atom is -0.497 e. The Morgan fingerprint density at radius 1 is 1.11 bits per heavy atom. The predicted molar refractivity (Wildman–Crippen MR) is 164 cm³/mol. The molecule has 11 nitrogen and oxygen atoms in total. The number of nitrogens with one attached hydrogen (secondary N) is 2. The largest absolute Gasteiger partial charge is 0.497 e. The van der Waals surface area contributed by atoms with Gasteiger partial charge in [-0.25, -0.2) is 17.6 Å². The van der Waals surface area contributed by atoms with Gasteiger partial charge in [-0.1, -0.05) is 6.92 Å². The standard InChI is InChI=1S/C31H37FN4O7S/c1-20-17-36(21(2)19-37)30(38)16-22-15-25(34-31(39)33-24-7-5-23(32)6-8-24)9-14-28(22)43-29(20)18-35(3)44(40,41)27-12-10-26(42-4)11-13-27/h5-15,20-21,29,37H,16-19H2,1-4H3,(H2,33,34,39)/t20-,21+,29-/m1/s1. The molecule has 44 heavy (non-hydrogen) atoms. The molecule has 236 valence electrons. The van der Waals surface area contributed by atoms with E-state index < -0.39 is 34.0 Å². The van der Waals surface area contributed by atoms with Crippen molar-refractivity contribution in [3.05, 3.63) is 78.1 Å². The van der Waals surface area contributed by atoms with E-state index in [9.17, 15) is 27.5 Å². The summed E-state index contributed by atoms with van der Waals surface area (Å²) in [6.45, 7) is 3.54. The minimum atomic E-state index is -3.89. The van der Waals surface area contributed by atoms with Gasteiger partial charge in [0.15, 0.2) is 0 Å². The molecule has 4 rings (SSSR count). The summed E-state index contributed by atoms with van der Waals surface area (Å²) < 4.78 is 52.8. The first-order valence-corrected chi connectivity index (χ1v) is 15.5. The molecule has 13 heteroatoms. The molecule has 0 aromatic heterocycles. The van der Waals surface area contributed by atoms with Crippen LogP contribution in [-0.2, 0) is 21.2 Å². The average molecular weight is 629 g/mol. The number of aliphatic hydroxyl groups is 1. The Bertz CT molecular complexity index is 1570. The number of hydrogen-bond donors (Lipinski definition) is 3. The number of benzene rings is 3. The van der Waals surface area contributed by atoms with Crippen LogP contribution in [0, 0.1) is 11.7 Å². The maximum Gasteiger partial charge on any atom is 0.323 e. The Balaban J connectivity index is 1.60. The van der Waals surface area contributed by atoms with Crippen LogP contribution in [0.1, 0.15) is 19.4 Å². The normalized spacial score (nSPS) is 17.9. The van der Waals surface area contributed by atoms with E-state index in [2.05, 4.69) is 10.6 Å². The van der Waals surface area contributed by atoms with Gasteiger partial charge in [0, 0.05) is 36.4 Å². The maximum atomic E-state index is 13.5. The van der Waals surface area contributed by atoms with Gasteiger partial charge in [-0.3, -0.25) is 4.79 Å². The predicted octanol–water partition coefficient (Wildman–Crippen LogP) is 3.95. The van der Waals surface area contributed by atoms with E-state index in [1.54, 1.807) is 42.2 Å². The number of aliphatic hydroxyl groups excluding tert-OH is 1. The molecule has 3 N–H and O–H groups in total. The van der Waals surface area contributed by atoms with Gasteiger partial charge in [0.2, 0.25) is 15.9 Å². The van der Waals surface area contributed by atoms with Crippen LogP contribution in [0.25, 0.3) is 0 Å². The number of sulfonamides is 1. The number of amides is 3. The number of ether oxygens (including phenoxy) is 2. The van der Waals surface area contributed by atoms with Crippen molar-refractivity contribution in [1.29, 1.82) is 0 Å². The van der Waals surface area contributed by atoms with E-state index in [1.165, 1.54) is 54.9 Å². The zero-order valence-electron chi connectivity index (χ0n) is 25.0. The van der Waals surface area contributed by atoms with Gasteiger partial charge < -0.3 is 30.1 Å². The van der Waals surface area contributed by atoms with E-state index in [0.29, 0.717) is 28.4 Å². The van der Waals surface area contributed by atoms with Crippen molar-refractivity contribution in [1.82, 2.24) is 9.21 Å². The third-order valence-electron chi connectivity index (χ3n) is 7.48. The lowest BCUT2D eigenvalue weighted by atomic mass is 10.0. The molecule has 3 aromatic rings. The topological polar surface area (TPSA) is 138 Å². The van der Waals surface area contributed by atoms with E-state index in [1.807, 2.05) is 6.92 Å². The molecule has 3 amide bonds. The third-order valence-corrected chi connectivity index (χ3v) is 9.32. The van der Waals surface area contributed by atoms with Gasteiger partial charge in [-0.15, -0.1) is 0 Å². The van der Waals surface area contributed by atoms with Crippen LogP contribution in [0.2, 0.25) is 0 Å². The highest BCUT2D eigenvalue weighted by Crippen LogP contribution is 2.30. The fraction of sp³-hybridized carbons (Fsp3) is 0.355. The monoisotopic (exact) mass is 628 g/mol. The molecule has 0 unspecified atom stereocenters. The zero-order valence-corrected chi connectivity index (χ0v) is 25.8. The number of halogens is 1. The Kier molecular flexibility index (Phi) is 10.4. The molecule has 0 saturated carbocycles. The summed E-state index contributed by atoms with van der Waals surface area (Å²) in [4.78, 5) is 27.7. The molecule has 3 aromatic carbocycles. The molecule has 1 aliphatic rings. The molecule has 0 radical (unpaired) electrons. The first kappa shape index (κ1) is 32.7. The number of carbonyl (C=O) groups excluding carboxylic acids is 2. The van der Waals surface area contributed by atoms with Crippen LogP contribution in [0.4, 0.5) is 20.6 Å². The number of methoxy groups -OCH3 is 1. The average Bonchev–Trinajstić information content (AvgIpc) is 3.05. The highest BCUT2D eigenvalue weighted by Gasteiger charge is 2.33. The van der Waals surface area contributed by atoms with Gasteiger partial charge in [0.25, 0.3) is 0 Å². The van der Waals surface area contributed by atoms with Crippen molar-refractivity contribution in [3.63, 3.8) is 0 Å².